The van der Waals surface area contributed by atoms with Crippen molar-refractivity contribution in [3.05, 3.63) is 70.6 Å². The molecule has 0 saturated carbocycles. The Morgan fingerprint density at radius 1 is 1.18 bits per heavy atom. The standard InChI is InChI=1S/C18H16N2O2/c1-11-3-5-12(6-4-11)17-14-8-7-13(21-2)9-16(14)22-18(20)15(17)10-19/h3-9,17H,20H2,1-2H3. The molecule has 0 spiro atoms. The summed E-state index contributed by atoms with van der Waals surface area (Å²) in [4.78, 5) is 0. The number of allylic oxidation sites excluding steroid dienone is 1. The number of aryl methyl sites for hydroxylation is 1. The SMILES string of the molecule is COc1ccc2c(c1)OC(N)=C(C#N)C2c1ccc(C)cc1. The van der Waals surface area contributed by atoms with Crippen LogP contribution >= 0.6 is 0 Å². The van der Waals surface area contributed by atoms with Crippen LogP contribution < -0.4 is 15.2 Å². The second-order valence-electron chi connectivity index (χ2n) is 5.24. The van der Waals surface area contributed by atoms with Gasteiger partial charge in [0.05, 0.1) is 13.0 Å². The zero-order valence-electron chi connectivity index (χ0n) is 12.5. The highest BCUT2D eigenvalue weighted by molar-refractivity contribution is 5.57. The molecular weight excluding hydrogens is 276 g/mol. The zero-order valence-corrected chi connectivity index (χ0v) is 12.5. The summed E-state index contributed by atoms with van der Waals surface area (Å²) in [6.45, 7) is 2.03. The van der Waals surface area contributed by atoms with Crippen molar-refractivity contribution in [1.82, 2.24) is 0 Å². The lowest BCUT2D eigenvalue weighted by atomic mass is 9.83. The zero-order chi connectivity index (χ0) is 15.7. The van der Waals surface area contributed by atoms with Crippen molar-refractivity contribution in [1.29, 1.82) is 5.26 Å². The Balaban J connectivity index is 2.18. The van der Waals surface area contributed by atoms with Gasteiger partial charge in [-0.05, 0) is 18.6 Å². The molecule has 0 aliphatic carbocycles. The van der Waals surface area contributed by atoms with Crippen molar-refractivity contribution in [2.75, 3.05) is 7.11 Å². The van der Waals surface area contributed by atoms with Crippen LogP contribution in [0.4, 0.5) is 0 Å². The molecular formula is C18H16N2O2. The highest BCUT2D eigenvalue weighted by Gasteiger charge is 2.30. The molecule has 22 heavy (non-hydrogen) atoms. The van der Waals surface area contributed by atoms with Gasteiger partial charge in [-0.1, -0.05) is 35.9 Å². The fourth-order valence-electron chi connectivity index (χ4n) is 2.66. The molecule has 0 aromatic heterocycles. The smallest absolute Gasteiger partial charge is 0.205 e. The van der Waals surface area contributed by atoms with E-state index in [2.05, 4.69) is 6.07 Å². The first kappa shape index (κ1) is 14.0. The molecule has 2 aromatic rings. The third-order valence-electron chi connectivity index (χ3n) is 3.84. The third kappa shape index (κ3) is 2.27. The fraction of sp³-hybridized carbons (Fsp3) is 0.167. The molecule has 0 bridgehead atoms. The Kier molecular flexibility index (Phi) is 3.48. The lowest BCUT2D eigenvalue weighted by molar-refractivity contribution is 0.381. The summed E-state index contributed by atoms with van der Waals surface area (Å²) in [5, 5.41) is 9.48. The van der Waals surface area contributed by atoms with E-state index in [-0.39, 0.29) is 11.8 Å². The summed E-state index contributed by atoms with van der Waals surface area (Å²) in [7, 11) is 1.60. The largest absolute Gasteiger partial charge is 0.497 e. The molecule has 1 aliphatic heterocycles. The quantitative estimate of drug-likeness (QED) is 0.922. The predicted molar refractivity (Wildman–Crippen MR) is 83.5 cm³/mol. The number of benzene rings is 2. The first-order valence-electron chi connectivity index (χ1n) is 6.96. The molecule has 1 aliphatic rings. The number of nitrogens with zero attached hydrogens (tertiary/aromatic N) is 1. The Labute approximate surface area is 129 Å². The van der Waals surface area contributed by atoms with E-state index in [1.54, 1.807) is 13.2 Å². The van der Waals surface area contributed by atoms with Crippen LogP contribution in [0.1, 0.15) is 22.6 Å². The molecule has 0 fully saturated rings. The molecule has 4 heteroatoms. The number of hydrogen-bond donors (Lipinski definition) is 1. The van der Waals surface area contributed by atoms with Gasteiger partial charge in [0.15, 0.2) is 0 Å². The molecule has 110 valence electrons. The van der Waals surface area contributed by atoms with Crippen molar-refractivity contribution in [3.8, 4) is 17.6 Å². The summed E-state index contributed by atoms with van der Waals surface area (Å²) < 4.78 is 10.8. The topological polar surface area (TPSA) is 68.3 Å². The minimum absolute atomic E-state index is 0.147. The molecule has 1 atom stereocenters. The van der Waals surface area contributed by atoms with Gasteiger partial charge in [-0.3, -0.25) is 0 Å². The van der Waals surface area contributed by atoms with E-state index in [1.807, 2.05) is 43.3 Å². The summed E-state index contributed by atoms with van der Waals surface area (Å²) in [6.07, 6.45) is 0. The van der Waals surface area contributed by atoms with E-state index >= 15 is 0 Å². The maximum atomic E-state index is 9.48. The van der Waals surface area contributed by atoms with Gasteiger partial charge in [0.25, 0.3) is 0 Å². The first-order valence-corrected chi connectivity index (χ1v) is 6.96. The number of methoxy groups -OCH3 is 1. The Morgan fingerprint density at radius 3 is 2.55 bits per heavy atom. The van der Waals surface area contributed by atoms with E-state index in [0.29, 0.717) is 17.1 Å². The summed E-state index contributed by atoms with van der Waals surface area (Å²) in [5.74, 6) is 1.24. The highest BCUT2D eigenvalue weighted by atomic mass is 16.5. The summed E-state index contributed by atoms with van der Waals surface area (Å²) in [5.41, 5.74) is 9.47. The van der Waals surface area contributed by atoms with Crippen LogP contribution in [0, 0.1) is 18.3 Å². The first-order chi connectivity index (χ1) is 10.6. The van der Waals surface area contributed by atoms with E-state index in [9.17, 15) is 5.26 Å². The van der Waals surface area contributed by atoms with Gasteiger partial charge in [0.2, 0.25) is 5.88 Å². The van der Waals surface area contributed by atoms with Crippen molar-refractivity contribution >= 4 is 0 Å². The van der Waals surface area contributed by atoms with Crippen molar-refractivity contribution in [2.45, 2.75) is 12.8 Å². The number of hydrogen-bond acceptors (Lipinski definition) is 4. The lowest BCUT2D eigenvalue weighted by Gasteiger charge is -2.26. The van der Waals surface area contributed by atoms with Gasteiger partial charge in [-0.25, -0.2) is 0 Å². The Hall–Kier alpha value is -2.93. The molecule has 0 saturated heterocycles. The van der Waals surface area contributed by atoms with Gasteiger partial charge in [0.1, 0.15) is 23.1 Å². The third-order valence-corrected chi connectivity index (χ3v) is 3.84. The van der Waals surface area contributed by atoms with Gasteiger partial charge in [-0.2, -0.15) is 5.26 Å². The average Bonchev–Trinajstić information content (AvgIpc) is 2.54. The van der Waals surface area contributed by atoms with Crippen molar-refractivity contribution in [3.63, 3.8) is 0 Å². The molecule has 1 heterocycles. The predicted octanol–water partition coefficient (Wildman–Crippen LogP) is 3.22. The van der Waals surface area contributed by atoms with Crippen LogP contribution in [0.25, 0.3) is 0 Å². The second kappa shape index (κ2) is 5.45. The molecule has 0 amide bonds. The minimum Gasteiger partial charge on any atom is -0.497 e. The van der Waals surface area contributed by atoms with Gasteiger partial charge < -0.3 is 15.2 Å². The van der Waals surface area contributed by atoms with Crippen LogP contribution in [0.3, 0.4) is 0 Å². The number of nitrogens with two attached hydrogens (primary N) is 1. The van der Waals surface area contributed by atoms with Crippen LogP contribution in [0.5, 0.6) is 11.5 Å². The molecule has 1 unspecified atom stereocenters. The van der Waals surface area contributed by atoms with Crippen LogP contribution in [-0.4, -0.2) is 7.11 Å². The van der Waals surface area contributed by atoms with Crippen LogP contribution in [0.15, 0.2) is 53.9 Å². The maximum Gasteiger partial charge on any atom is 0.205 e. The molecule has 0 radical (unpaired) electrons. The molecule has 2 aromatic carbocycles. The van der Waals surface area contributed by atoms with E-state index in [1.165, 1.54) is 5.56 Å². The molecule has 2 N–H and O–H groups in total. The summed E-state index contributed by atoms with van der Waals surface area (Å²) in [6, 6.07) is 15.8. The van der Waals surface area contributed by atoms with Crippen LogP contribution in [0.2, 0.25) is 0 Å². The fourth-order valence-corrected chi connectivity index (χ4v) is 2.66. The second-order valence-corrected chi connectivity index (χ2v) is 5.24. The number of nitriles is 1. The monoisotopic (exact) mass is 292 g/mol. The summed E-state index contributed by atoms with van der Waals surface area (Å²) >= 11 is 0. The molecule has 4 nitrogen and oxygen atoms in total. The van der Waals surface area contributed by atoms with E-state index in [0.717, 1.165) is 11.1 Å². The van der Waals surface area contributed by atoms with E-state index < -0.39 is 0 Å². The number of rotatable bonds is 2. The Bertz CT molecular complexity index is 786. The normalized spacial score (nSPS) is 16.5. The maximum absolute atomic E-state index is 9.48. The van der Waals surface area contributed by atoms with Crippen LogP contribution in [-0.2, 0) is 0 Å². The van der Waals surface area contributed by atoms with Crippen molar-refractivity contribution in [2.24, 2.45) is 5.73 Å². The van der Waals surface area contributed by atoms with Gasteiger partial charge in [-0.15, -0.1) is 0 Å². The van der Waals surface area contributed by atoms with Crippen molar-refractivity contribution < 1.29 is 9.47 Å². The minimum atomic E-state index is -0.222. The van der Waals surface area contributed by atoms with Gasteiger partial charge >= 0.3 is 0 Å². The van der Waals surface area contributed by atoms with E-state index in [4.69, 9.17) is 15.2 Å². The van der Waals surface area contributed by atoms with Gasteiger partial charge in [0, 0.05) is 11.6 Å². The lowest BCUT2D eigenvalue weighted by Crippen LogP contribution is -2.21. The number of ether oxygens (including phenoxy) is 2. The molecule has 3 rings (SSSR count). The Morgan fingerprint density at radius 2 is 1.91 bits per heavy atom. The number of fused-ring (bicyclic) bond motifs is 1. The highest BCUT2D eigenvalue weighted by Crippen LogP contribution is 2.43. The average molecular weight is 292 g/mol.